The van der Waals surface area contributed by atoms with Crippen molar-refractivity contribution in [2.24, 2.45) is 0 Å². The molecule has 1 fully saturated rings. The Labute approximate surface area is 192 Å². The van der Waals surface area contributed by atoms with Crippen molar-refractivity contribution in [1.82, 2.24) is 9.62 Å². The molecule has 2 aromatic rings. The van der Waals surface area contributed by atoms with Crippen LogP contribution in [-0.2, 0) is 24.7 Å². The van der Waals surface area contributed by atoms with Crippen molar-refractivity contribution in [3.63, 3.8) is 0 Å². The van der Waals surface area contributed by atoms with Gasteiger partial charge < -0.3 is 4.90 Å². The maximum absolute atomic E-state index is 12.7. The number of likely N-dealkylation sites (tertiary alicyclic amines) is 1. The molecule has 0 aromatic heterocycles. The number of amides is 1. The number of nitrogens with zero attached hydrogens (tertiary/aromatic N) is 1. The number of carbonyl (C=O) groups is 1. The Morgan fingerprint density at radius 2 is 1.52 bits per heavy atom. The van der Waals surface area contributed by atoms with Crippen molar-refractivity contribution in [2.45, 2.75) is 34.3 Å². The first-order chi connectivity index (χ1) is 14.6. The molecule has 0 aliphatic carbocycles. The highest BCUT2D eigenvalue weighted by Gasteiger charge is 2.32. The Kier molecular flexibility index (Phi) is 7.64. The van der Waals surface area contributed by atoms with E-state index < -0.39 is 25.1 Å². The number of hydrogen-bond donors (Lipinski definition) is 1. The van der Waals surface area contributed by atoms with Crippen LogP contribution < -0.4 is 4.72 Å². The maximum Gasteiger partial charge on any atom is 0.243 e. The molecule has 3 rings (SSSR count). The lowest BCUT2D eigenvalue weighted by Gasteiger charge is -2.31. The third-order valence-corrected chi connectivity index (χ3v) is 9.82. The Morgan fingerprint density at radius 1 is 0.935 bits per heavy atom. The van der Waals surface area contributed by atoms with Crippen LogP contribution in [-0.4, -0.2) is 52.5 Å². The highest BCUT2D eigenvalue weighted by molar-refractivity contribution is 7.92. The zero-order chi connectivity index (χ0) is 22.6. The summed E-state index contributed by atoms with van der Waals surface area (Å²) in [5.41, 5.74) is 0. The van der Waals surface area contributed by atoms with Crippen LogP contribution in [0, 0.1) is 0 Å². The average Bonchev–Trinajstić information content (AvgIpc) is 2.74. The lowest BCUT2D eigenvalue weighted by molar-refractivity contribution is -0.131. The van der Waals surface area contributed by atoms with E-state index >= 15 is 0 Å². The average molecular weight is 505 g/mol. The SMILES string of the molecule is O=C(CCNS(=O)(=O)c1c(Cl)cccc1Cl)N1CCC(S(=O)(=O)c2ccccc2)CC1. The molecule has 0 saturated carbocycles. The van der Waals surface area contributed by atoms with Crippen molar-refractivity contribution >= 4 is 49.0 Å². The van der Waals surface area contributed by atoms with Crippen molar-refractivity contribution in [3.05, 3.63) is 58.6 Å². The number of halogens is 2. The van der Waals surface area contributed by atoms with Crippen LogP contribution in [0.2, 0.25) is 10.0 Å². The molecule has 0 unspecified atom stereocenters. The van der Waals surface area contributed by atoms with E-state index in [9.17, 15) is 21.6 Å². The number of nitrogens with one attached hydrogen (secondary N) is 1. The smallest absolute Gasteiger partial charge is 0.243 e. The number of hydrogen-bond acceptors (Lipinski definition) is 5. The zero-order valence-corrected chi connectivity index (χ0v) is 19.6. The Morgan fingerprint density at radius 3 is 2.10 bits per heavy atom. The first kappa shape index (κ1) is 24.0. The normalized spacial score (nSPS) is 15.7. The van der Waals surface area contributed by atoms with Gasteiger partial charge in [0.25, 0.3) is 0 Å². The van der Waals surface area contributed by atoms with Crippen LogP contribution in [0.1, 0.15) is 19.3 Å². The molecule has 7 nitrogen and oxygen atoms in total. The van der Waals surface area contributed by atoms with Crippen molar-refractivity contribution in [3.8, 4) is 0 Å². The largest absolute Gasteiger partial charge is 0.343 e. The minimum Gasteiger partial charge on any atom is -0.343 e. The van der Waals surface area contributed by atoms with Crippen molar-refractivity contribution < 1.29 is 21.6 Å². The van der Waals surface area contributed by atoms with E-state index in [0.717, 1.165) is 0 Å². The van der Waals surface area contributed by atoms with Gasteiger partial charge in [0.1, 0.15) is 4.90 Å². The van der Waals surface area contributed by atoms with Gasteiger partial charge >= 0.3 is 0 Å². The van der Waals surface area contributed by atoms with E-state index in [4.69, 9.17) is 23.2 Å². The van der Waals surface area contributed by atoms with Gasteiger partial charge in [0.2, 0.25) is 15.9 Å². The Bertz CT molecular complexity index is 1130. The van der Waals surface area contributed by atoms with Gasteiger partial charge in [-0.05, 0) is 37.1 Å². The molecule has 0 spiro atoms. The van der Waals surface area contributed by atoms with Gasteiger partial charge in [-0.2, -0.15) is 0 Å². The highest BCUT2D eigenvalue weighted by Crippen LogP contribution is 2.29. The summed E-state index contributed by atoms with van der Waals surface area (Å²) < 4.78 is 52.7. The predicted molar refractivity (Wildman–Crippen MR) is 119 cm³/mol. The van der Waals surface area contributed by atoms with Gasteiger partial charge in [-0.15, -0.1) is 0 Å². The molecule has 1 aliphatic rings. The van der Waals surface area contributed by atoms with Gasteiger partial charge in [-0.1, -0.05) is 47.5 Å². The van der Waals surface area contributed by atoms with Crippen molar-refractivity contribution in [2.75, 3.05) is 19.6 Å². The number of carbonyl (C=O) groups excluding carboxylic acids is 1. The van der Waals surface area contributed by atoms with Crippen LogP contribution >= 0.6 is 23.2 Å². The van der Waals surface area contributed by atoms with Gasteiger partial charge in [0.05, 0.1) is 20.2 Å². The Balaban J connectivity index is 1.53. The summed E-state index contributed by atoms with van der Waals surface area (Å²) in [6, 6.07) is 12.6. The second kappa shape index (κ2) is 9.87. The number of sulfone groups is 1. The number of rotatable bonds is 7. The number of piperidine rings is 1. The maximum atomic E-state index is 12.7. The standard InChI is InChI=1S/C20H22Cl2N2O5S2/c21-17-7-4-8-18(22)20(17)31(28,29)23-12-9-19(25)24-13-10-16(11-14-24)30(26,27)15-5-2-1-3-6-15/h1-8,16,23H,9-14H2. The molecule has 2 aromatic carbocycles. The molecular weight excluding hydrogens is 483 g/mol. The molecule has 31 heavy (non-hydrogen) atoms. The van der Waals surface area contributed by atoms with E-state index in [1.54, 1.807) is 35.2 Å². The van der Waals surface area contributed by atoms with Gasteiger partial charge in [0, 0.05) is 26.1 Å². The topological polar surface area (TPSA) is 101 Å². The molecule has 168 valence electrons. The summed E-state index contributed by atoms with van der Waals surface area (Å²) in [6.45, 7) is 0.488. The monoisotopic (exact) mass is 504 g/mol. The fourth-order valence-electron chi connectivity index (χ4n) is 3.48. The molecule has 1 N–H and O–H groups in total. The lowest BCUT2D eigenvalue weighted by atomic mass is 10.1. The summed E-state index contributed by atoms with van der Waals surface area (Å²) in [5, 5.41) is -0.555. The number of benzene rings is 2. The van der Waals surface area contributed by atoms with Crippen LogP contribution in [0.15, 0.2) is 58.3 Å². The molecule has 11 heteroatoms. The molecular formula is C20H22Cl2N2O5S2. The molecule has 0 bridgehead atoms. The summed E-state index contributed by atoms with van der Waals surface area (Å²) in [7, 11) is -7.41. The third kappa shape index (κ3) is 5.59. The first-order valence-corrected chi connectivity index (χ1v) is 13.4. The summed E-state index contributed by atoms with van der Waals surface area (Å²) in [6.07, 6.45) is 0.616. The molecule has 0 radical (unpaired) electrons. The van der Waals surface area contributed by atoms with E-state index in [-0.39, 0.29) is 38.7 Å². The van der Waals surface area contributed by atoms with E-state index in [1.165, 1.54) is 18.2 Å². The van der Waals surface area contributed by atoms with Crippen LogP contribution in [0.25, 0.3) is 0 Å². The fraction of sp³-hybridized carbons (Fsp3) is 0.350. The summed E-state index contributed by atoms with van der Waals surface area (Å²) in [5.74, 6) is -0.247. The second-order valence-electron chi connectivity index (χ2n) is 7.14. The van der Waals surface area contributed by atoms with Crippen LogP contribution in [0.5, 0.6) is 0 Å². The quantitative estimate of drug-likeness (QED) is 0.623. The van der Waals surface area contributed by atoms with Crippen molar-refractivity contribution in [1.29, 1.82) is 0 Å². The van der Waals surface area contributed by atoms with E-state index in [2.05, 4.69) is 4.72 Å². The van der Waals surface area contributed by atoms with E-state index in [0.29, 0.717) is 25.9 Å². The molecule has 1 amide bonds. The van der Waals surface area contributed by atoms with E-state index in [1.807, 2.05) is 0 Å². The minimum atomic E-state index is -3.97. The minimum absolute atomic E-state index is 0.00646. The molecule has 1 saturated heterocycles. The van der Waals surface area contributed by atoms with Gasteiger partial charge in [-0.25, -0.2) is 21.6 Å². The highest BCUT2D eigenvalue weighted by atomic mass is 35.5. The third-order valence-electron chi connectivity index (χ3n) is 5.12. The lowest BCUT2D eigenvalue weighted by Crippen LogP contribution is -2.43. The first-order valence-electron chi connectivity index (χ1n) is 9.63. The van der Waals surface area contributed by atoms with Gasteiger partial charge in [-0.3, -0.25) is 4.79 Å². The molecule has 0 atom stereocenters. The fourth-order valence-corrected chi connectivity index (χ4v) is 7.40. The number of sulfonamides is 1. The van der Waals surface area contributed by atoms with Crippen LogP contribution in [0.4, 0.5) is 0 Å². The molecule has 1 aliphatic heterocycles. The Hall–Kier alpha value is -1.65. The van der Waals surface area contributed by atoms with Crippen LogP contribution in [0.3, 0.4) is 0 Å². The van der Waals surface area contributed by atoms with Gasteiger partial charge in [0.15, 0.2) is 9.84 Å². The second-order valence-corrected chi connectivity index (χ2v) is 11.9. The summed E-state index contributed by atoms with van der Waals surface area (Å²) >= 11 is 11.9. The predicted octanol–water partition coefficient (Wildman–Crippen LogP) is 3.13. The molecule has 1 heterocycles. The summed E-state index contributed by atoms with van der Waals surface area (Å²) in [4.78, 5) is 14.1. The zero-order valence-electron chi connectivity index (χ0n) is 16.5.